The van der Waals surface area contributed by atoms with Crippen molar-refractivity contribution < 1.29 is 28.9 Å². The van der Waals surface area contributed by atoms with E-state index in [1.165, 1.54) is 0 Å². The molecule has 0 fully saturated rings. The van der Waals surface area contributed by atoms with E-state index in [9.17, 15) is 9.59 Å². The molecule has 1 amide bonds. The van der Waals surface area contributed by atoms with E-state index in [1.807, 2.05) is 30.3 Å². The molecule has 0 saturated carbocycles. The molecule has 1 aliphatic heterocycles. The third-order valence-electron chi connectivity index (χ3n) is 6.95. The first kappa shape index (κ1) is 33.3. The zero-order chi connectivity index (χ0) is 31.7. The summed E-state index contributed by atoms with van der Waals surface area (Å²) in [6.07, 6.45) is 0.0934. The van der Waals surface area contributed by atoms with Crippen LogP contribution in [0, 0.1) is 0 Å². The average Bonchev–Trinajstić information content (AvgIpc) is 3.37. The van der Waals surface area contributed by atoms with Crippen LogP contribution in [0.25, 0.3) is 0 Å². The lowest BCUT2D eigenvalue weighted by Gasteiger charge is -2.31. The minimum atomic E-state index is -1.54. The maximum atomic E-state index is 14.2. The molecule has 1 heterocycles. The van der Waals surface area contributed by atoms with Gasteiger partial charge in [-0.2, -0.15) is 0 Å². The third-order valence-corrected chi connectivity index (χ3v) is 7.51. The van der Waals surface area contributed by atoms with Gasteiger partial charge in [0.25, 0.3) is 5.91 Å². The van der Waals surface area contributed by atoms with E-state index < -0.39 is 29.1 Å². The number of benzene rings is 3. The minimum Gasteiger partial charge on any atom is -0.494 e. The molecule has 44 heavy (non-hydrogen) atoms. The number of amides is 1. The summed E-state index contributed by atoms with van der Waals surface area (Å²) < 4.78 is 17.7. The van der Waals surface area contributed by atoms with E-state index in [0.29, 0.717) is 52.9 Å². The van der Waals surface area contributed by atoms with E-state index in [4.69, 9.17) is 47.5 Å². The van der Waals surface area contributed by atoms with E-state index in [2.05, 4.69) is 5.32 Å². The molecular formula is C34H38Cl2N2O6. The smallest absolute Gasteiger partial charge is 0.306 e. The van der Waals surface area contributed by atoms with Crippen LogP contribution in [-0.4, -0.2) is 53.8 Å². The fourth-order valence-corrected chi connectivity index (χ4v) is 5.37. The van der Waals surface area contributed by atoms with Crippen molar-refractivity contribution in [1.29, 1.82) is 0 Å². The molecule has 10 heteroatoms. The molecule has 3 aromatic rings. The third kappa shape index (κ3) is 8.74. The molecule has 0 aliphatic carbocycles. The Hall–Kier alpha value is -3.59. The van der Waals surface area contributed by atoms with Gasteiger partial charge >= 0.3 is 5.97 Å². The number of carbonyl (C=O) groups is 2. The largest absolute Gasteiger partial charge is 0.494 e. The number of nitrogens with one attached hydrogen (secondary N) is 1. The van der Waals surface area contributed by atoms with Crippen LogP contribution < -0.4 is 10.1 Å². The Labute approximate surface area is 268 Å². The molecule has 0 radical (unpaired) electrons. The average molecular weight is 642 g/mol. The summed E-state index contributed by atoms with van der Waals surface area (Å²) in [6, 6.07) is 21.9. The SMILES string of the molecule is CC(C)(C)OC(=O)CC[C@@]1(C(=O)NCCc2ccccc2)N=C(c2ccc(OCCCO)cc2)O[C@@H]1c1ccc(Cl)cc1Cl. The first-order chi connectivity index (χ1) is 21.0. The van der Waals surface area contributed by atoms with Crippen molar-refractivity contribution in [2.45, 2.75) is 63.7 Å². The number of rotatable bonds is 13. The van der Waals surface area contributed by atoms with Gasteiger partial charge in [-0.15, -0.1) is 0 Å². The van der Waals surface area contributed by atoms with Crippen LogP contribution >= 0.6 is 23.2 Å². The monoisotopic (exact) mass is 640 g/mol. The number of hydrogen-bond acceptors (Lipinski definition) is 7. The summed E-state index contributed by atoms with van der Waals surface area (Å²) in [4.78, 5) is 32.1. The molecule has 1 aliphatic rings. The molecule has 8 nitrogen and oxygen atoms in total. The van der Waals surface area contributed by atoms with Gasteiger partial charge in [0.05, 0.1) is 6.61 Å². The quantitative estimate of drug-likeness (QED) is 0.163. The molecule has 0 unspecified atom stereocenters. The van der Waals surface area contributed by atoms with Gasteiger partial charge in [0.15, 0.2) is 11.6 Å². The molecule has 3 aromatic carbocycles. The van der Waals surface area contributed by atoms with Gasteiger partial charge in [-0.1, -0.05) is 59.6 Å². The van der Waals surface area contributed by atoms with E-state index in [0.717, 1.165) is 5.56 Å². The van der Waals surface area contributed by atoms with Crippen LogP contribution in [0.2, 0.25) is 10.0 Å². The Balaban J connectivity index is 1.71. The molecule has 0 bridgehead atoms. The number of aliphatic hydroxyl groups is 1. The maximum absolute atomic E-state index is 14.2. The first-order valence-corrected chi connectivity index (χ1v) is 15.4. The predicted octanol–water partition coefficient (Wildman–Crippen LogP) is 6.49. The summed E-state index contributed by atoms with van der Waals surface area (Å²) in [5, 5.41) is 12.8. The lowest BCUT2D eigenvalue weighted by Crippen LogP contribution is -2.49. The highest BCUT2D eigenvalue weighted by atomic mass is 35.5. The Morgan fingerprint density at radius 2 is 1.77 bits per heavy atom. The molecule has 0 aromatic heterocycles. The summed E-state index contributed by atoms with van der Waals surface area (Å²) in [6.45, 7) is 6.14. The standard InChI is InChI=1S/C34H38Cl2N2O6/c1-33(2,3)44-29(40)16-18-34(32(41)37-19-17-23-8-5-4-6-9-23)30(27-15-12-25(35)22-28(27)36)43-31(38-34)24-10-13-26(14-11-24)42-21-7-20-39/h4-6,8-15,22,30,39H,7,16-21H2,1-3H3,(H,37,41)/t30-,34-/m1/s1. The maximum Gasteiger partial charge on any atom is 0.306 e. The highest BCUT2D eigenvalue weighted by molar-refractivity contribution is 6.35. The van der Waals surface area contributed by atoms with Crippen LogP contribution in [0.4, 0.5) is 0 Å². The van der Waals surface area contributed by atoms with Crippen molar-refractivity contribution in [3.8, 4) is 5.75 Å². The number of aliphatic imine (C=N–C) groups is 1. The Morgan fingerprint density at radius 3 is 2.43 bits per heavy atom. The molecule has 0 spiro atoms. The molecule has 4 rings (SSSR count). The van der Waals surface area contributed by atoms with Crippen molar-refractivity contribution in [3.05, 3.63) is 99.5 Å². The van der Waals surface area contributed by atoms with Gasteiger partial charge in [-0.25, -0.2) is 4.99 Å². The molecule has 0 saturated heterocycles. The topological polar surface area (TPSA) is 106 Å². The first-order valence-electron chi connectivity index (χ1n) is 14.6. The van der Waals surface area contributed by atoms with E-state index in [1.54, 1.807) is 63.2 Å². The lowest BCUT2D eigenvalue weighted by molar-refractivity contribution is -0.155. The summed E-state index contributed by atoms with van der Waals surface area (Å²) >= 11 is 12.9. The molecule has 234 valence electrons. The molecular weight excluding hydrogens is 603 g/mol. The van der Waals surface area contributed by atoms with E-state index >= 15 is 0 Å². The fraction of sp³-hybridized carbons (Fsp3) is 0.382. The van der Waals surface area contributed by atoms with Crippen molar-refractivity contribution in [2.75, 3.05) is 19.8 Å². The number of halogens is 2. The van der Waals surface area contributed by atoms with Gasteiger partial charge < -0.3 is 24.6 Å². The van der Waals surface area contributed by atoms with E-state index in [-0.39, 0.29) is 25.3 Å². The number of hydrogen-bond donors (Lipinski definition) is 2. The fourth-order valence-electron chi connectivity index (χ4n) is 4.86. The van der Waals surface area contributed by atoms with Crippen LogP contribution in [0.15, 0.2) is 77.8 Å². The number of esters is 1. The number of carbonyl (C=O) groups excluding carboxylic acids is 2. The van der Waals surface area contributed by atoms with Crippen molar-refractivity contribution in [2.24, 2.45) is 4.99 Å². The number of nitrogens with zero attached hydrogens (tertiary/aromatic N) is 1. The highest BCUT2D eigenvalue weighted by Crippen LogP contribution is 2.45. The Bertz CT molecular complexity index is 1460. The van der Waals surface area contributed by atoms with Gasteiger partial charge in [0, 0.05) is 47.2 Å². The van der Waals surface area contributed by atoms with Crippen LogP contribution in [0.3, 0.4) is 0 Å². The van der Waals surface area contributed by atoms with Gasteiger partial charge in [-0.3, -0.25) is 9.59 Å². The highest BCUT2D eigenvalue weighted by Gasteiger charge is 2.54. The van der Waals surface area contributed by atoms with Gasteiger partial charge in [-0.05, 0) is 75.6 Å². The second kappa shape index (κ2) is 14.9. The van der Waals surface area contributed by atoms with Gasteiger partial charge in [0.2, 0.25) is 5.90 Å². The second-order valence-corrected chi connectivity index (χ2v) is 12.4. The molecule has 2 atom stereocenters. The predicted molar refractivity (Wildman–Crippen MR) is 171 cm³/mol. The van der Waals surface area contributed by atoms with Crippen LogP contribution in [0.5, 0.6) is 5.75 Å². The van der Waals surface area contributed by atoms with Crippen molar-refractivity contribution in [1.82, 2.24) is 5.32 Å². The summed E-state index contributed by atoms with van der Waals surface area (Å²) in [5.74, 6) is -0.00633. The zero-order valence-corrected chi connectivity index (χ0v) is 26.7. The Kier molecular flexibility index (Phi) is 11.3. The number of aliphatic hydroxyl groups excluding tert-OH is 1. The summed E-state index contributed by atoms with van der Waals surface area (Å²) in [7, 11) is 0. The minimum absolute atomic E-state index is 0.00849. The Morgan fingerprint density at radius 1 is 1.05 bits per heavy atom. The zero-order valence-electron chi connectivity index (χ0n) is 25.1. The number of ether oxygens (including phenoxy) is 3. The van der Waals surface area contributed by atoms with Crippen LogP contribution in [-0.2, 0) is 25.5 Å². The van der Waals surface area contributed by atoms with Gasteiger partial charge in [0.1, 0.15) is 11.4 Å². The van der Waals surface area contributed by atoms with Crippen molar-refractivity contribution >= 4 is 41.0 Å². The normalized spacial score (nSPS) is 17.9. The molecule has 2 N–H and O–H groups in total. The summed E-state index contributed by atoms with van der Waals surface area (Å²) in [5.41, 5.74) is -0.0348. The van der Waals surface area contributed by atoms with Crippen molar-refractivity contribution in [3.63, 3.8) is 0 Å². The second-order valence-electron chi connectivity index (χ2n) is 11.5. The van der Waals surface area contributed by atoms with Crippen LogP contribution in [0.1, 0.15) is 62.8 Å². The lowest BCUT2D eigenvalue weighted by atomic mass is 9.83.